The number of aliphatic hydroxyl groups excluding tert-OH is 4. The van der Waals surface area contributed by atoms with Gasteiger partial charge in [-0.15, -0.1) is 6.58 Å². The van der Waals surface area contributed by atoms with E-state index >= 15 is 0 Å². The number of aliphatic hydroxyl groups is 4. The van der Waals surface area contributed by atoms with E-state index in [4.69, 9.17) is 25.8 Å². The zero-order chi connectivity index (χ0) is 26.0. The molecular weight excluding hydrogens is 504 g/mol. The number of amides is 1. The number of piperidine rings is 1. The van der Waals surface area contributed by atoms with Gasteiger partial charge in [-0.05, 0) is 36.6 Å². The summed E-state index contributed by atoms with van der Waals surface area (Å²) in [4.78, 5) is 18.9. The van der Waals surface area contributed by atoms with E-state index < -0.39 is 49.5 Å². The number of hydrogen-bond donors (Lipinski definition) is 5. The fourth-order valence-electron chi connectivity index (χ4n) is 6.15. The lowest BCUT2D eigenvalue weighted by molar-refractivity contribution is -0.339. The zero-order valence-corrected chi connectivity index (χ0v) is 20.6. The maximum atomic E-state index is 13.6. The lowest BCUT2D eigenvalue weighted by Gasteiger charge is -2.48. The van der Waals surface area contributed by atoms with E-state index in [1.165, 1.54) is 6.26 Å². The molecule has 9 atom stereocenters. The Morgan fingerprint density at radius 3 is 2.78 bits per heavy atom. The summed E-state index contributed by atoms with van der Waals surface area (Å²) in [6, 6.07) is 5.55. The van der Waals surface area contributed by atoms with E-state index in [-0.39, 0.29) is 17.9 Å². The van der Waals surface area contributed by atoms with E-state index in [0.717, 1.165) is 22.2 Å². The normalized spacial score (nSPS) is 37.3. The second kappa shape index (κ2) is 9.39. The molecule has 5 heterocycles. The highest BCUT2D eigenvalue weighted by atomic mass is 35.5. The number of carbonyl (C=O) groups excluding carboxylic acids is 1. The Kier molecular flexibility index (Phi) is 6.31. The van der Waals surface area contributed by atoms with Gasteiger partial charge in [-0.1, -0.05) is 17.7 Å². The van der Waals surface area contributed by atoms with Gasteiger partial charge in [-0.25, -0.2) is 0 Å². The van der Waals surface area contributed by atoms with E-state index in [1.807, 2.05) is 23.1 Å². The predicted molar refractivity (Wildman–Crippen MR) is 131 cm³/mol. The van der Waals surface area contributed by atoms with Crippen LogP contribution in [0.1, 0.15) is 23.7 Å². The quantitative estimate of drug-likeness (QED) is 0.368. The maximum Gasteiger partial charge on any atom is 0.253 e. The fourth-order valence-corrected chi connectivity index (χ4v) is 6.32. The van der Waals surface area contributed by atoms with Crippen LogP contribution in [0.25, 0.3) is 10.9 Å². The Bertz CT molecular complexity index is 1260. The van der Waals surface area contributed by atoms with E-state index in [1.54, 1.807) is 6.08 Å². The number of hydrogen-bond acceptors (Lipinski definition) is 8. The Balaban J connectivity index is 1.29. The third-order valence-corrected chi connectivity index (χ3v) is 8.33. The molecule has 10 nitrogen and oxygen atoms in total. The van der Waals surface area contributed by atoms with Gasteiger partial charge in [-0.2, -0.15) is 0 Å². The molecule has 37 heavy (non-hydrogen) atoms. The number of H-pyrrole nitrogens is 1. The molecule has 1 aromatic carbocycles. The number of halogens is 1. The van der Waals surface area contributed by atoms with Gasteiger partial charge in [0.05, 0.1) is 24.5 Å². The summed E-state index contributed by atoms with van der Waals surface area (Å²) in [5.74, 6) is -0.861. The van der Waals surface area contributed by atoms with Gasteiger partial charge < -0.3 is 44.5 Å². The number of fused-ring (bicyclic) bond motifs is 6. The van der Waals surface area contributed by atoms with Crippen LogP contribution in [0.15, 0.2) is 42.7 Å². The van der Waals surface area contributed by atoms with Crippen molar-refractivity contribution in [2.75, 3.05) is 13.2 Å². The van der Waals surface area contributed by atoms with Crippen LogP contribution in [0.2, 0.25) is 5.02 Å². The molecule has 0 radical (unpaired) electrons. The Hall–Kier alpha value is -2.44. The van der Waals surface area contributed by atoms with Crippen LogP contribution in [0.5, 0.6) is 0 Å². The summed E-state index contributed by atoms with van der Waals surface area (Å²) < 4.78 is 17.2. The molecule has 4 aliphatic rings. The van der Waals surface area contributed by atoms with E-state index in [0.29, 0.717) is 30.0 Å². The summed E-state index contributed by atoms with van der Waals surface area (Å²) in [6.07, 6.45) is -3.73. The molecule has 5 N–H and O–H groups in total. The highest BCUT2D eigenvalue weighted by Crippen LogP contribution is 2.48. The number of carbonyl (C=O) groups is 1. The van der Waals surface area contributed by atoms with Gasteiger partial charge in [0.2, 0.25) is 6.29 Å². The molecular formula is C26H29ClN2O8. The van der Waals surface area contributed by atoms with Crippen LogP contribution in [-0.4, -0.2) is 86.4 Å². The molecule has 6 rings (SSSR count). The molecule has 2 aromatic rings. The second-order valence-corrected chi connectivity index (χ2v) is 10.5. The number of rotatable bonds is 4. The predicted octanol–water partition coefficient (Wildman–Crippen LogP) is 1.13. The minimum atomic E-state index is -1.58. The maximum absolute atomic E-state index is 13.6. The van der Waals surface area contributed by atoms with Gasteiger partial charge in [-0.3, -0.25) is 4.79 Å². The van der Waals surface area contributed by atoms with Crippen LogP contribution in [0.4, 0.5) is 0 Å². The minimum absolute atomic E-state index is 0.110. The van der Waals surface area contributed by atoms with E-state index in [2.05, 4.69) is 11.6 Å². The van der Waals surface area contributed by atoms with Crippen molar-refractivity contribution in [1.82, 2.24) is 9.88 Å². The van der Waals surface area contributed by atoms with Crippen molar-refractivity contribution in [1.29, 1.82) is 0 Å². The molecule has 11 heteroatoms. The number of nitrogens with one attached hydrogen (secondary N) is 1. The monoisotopic (exact) mass is 532 g/mol. The molecule has 1 aromatic heterocycles. The standard InChI is InChI=1S/C26H29ClN2O8/c1-2-12-14-8-18-20-13(15-7-11(27)3-4-17(15)28-20)5-6-29(18)24(34)16(14)10-35-25(12)37-26-23(33)22(32)21(31)19(9-30)36-26/h2-4,7,10,12,14,18-19,21-23,25-26,28,30-33H,1,5-6,8-9H2/t12-,14+,18+,19+,21-,22+,23-,25+,26-/m1/s1. The lowest BCUT2D eigenvalue weighted by Crippen LogP contribution is -2.60. The van der Waals surface area contributed by atoms with Gasteiger partial charge in [0.15, 0.2) is 6.29 Å². The first-order chi connectivity index (χ1) is 17.8. The third kappa shape index (κ3) is 3.90. The van der Waals surface area contributed by atoms with Crippen molar-refractivity contribution in [3.05, 3.63) is 59.0 Å². The molecule has 0 unspecified atom stereocenters. The van der Waals surface area contributed by atoms with Crippen molar-refractivity contribution in [2.45, 2.75) is 55.9 Å². The summed E-state index contributed by atoms with van der Waals surface area (Å²) in [7, 11) is 0. The van der Waals surface area contributed by atoms with Crippen molar-refractivity contribution in [2.24, 2.45) is 11.8 Å². The first-order valence-electron chi connectivity index (χ1n) is 12.4. The zero-order valence-electron chi connectivity index (χ0n) is 19.9. The molecule has 0 bridgehead atoms. The Labute approximate surface area is 217 Å². The SMILES string of the molecule is C=C[C@H]1[C@H](O[C@H]2O[C@@H](CO)[C@@H](O)[C@H](O)[C@H]2O)OC=C2C(=O)N3CCc4c([nH]c5ccc(Cl)cc45)[C@@H]3C[C@H]21. The second-order valence-electron chi connectivity index (χ2n) is 10.0. The van der Waals surface area contributed by atoms with Crippen LogP contribution in [-0.2, 0) is 25.4 Å². The number of benzene rings is 1. The molecule has 2 fully saturated rings. The smallest absolute Gasteiger partial charge is 0.253 e. The highest BCUT2D eigenvalue weighted by molar-refractivity contribution is 6.31. The first kappa shape index (κ1) is 24.9. The van der Waals surface area contributed by atoms with Crippen LogP contribution in [0, 0.1) is 11.8 Å². The van der Waals surface area contributed by atoms with Gasteiger partial charge in [0.25, 0.3) is 5.91 Å². The van der Waals surface area contributed by atoms with Gasteiger partial charge >= 0.3 is 0 Å². The third-order valence-electron chi connectivity index (χ3n) is 8.09. The van der Waals surface area contributed by atoms with Crippen molar-refractivity contribution < 1.29 is 39.4 Å². The highest BCUT2D eigenvalue weighted by Gasteiger charge is 2.51. The number of nitrogens with zero attached hydrogens (tertiary/aromatic N) is 1. The van der Waals surface area contributed by atoms with Gasteiger partial charge in [0.1, 0.15) is 24.4 Å². The largest absolute Gasteiger partial charge is 0.471 e. The number of aromatic amines is 1. The summed E-state index contributed by atoms with van der Waals surface area (Å²) in [5.41, 5.74) is 3.66. The lowest BCUT2D eigenvalue weighted by atomic mass is 9.74. The summed E-state index contributed by atoms with van der Waals surface area (Å²) >= 11 is 6.25. The molecule has 0 spiro atoms. The van der Waals surface area contributed by atoms with Crippen molar-refractivity contribution in [3.63, 3.8) is 0 Å². The minimum Gasteiger partial charge on any atom is -0.471 e. The first-order valence-corrected chi connectivity index (χ1v) is 12.7. The van der Waals surface area contributed by atoms with Crippen LogP contribution < -0.4 is 0 Å². The fraction of sp³-hybridized carbons (Fsp3) is 0.500. The topological polar surface area (TPSA) is 145 Å². The van der Waals surface area contributed by atoms with Gasteiger partial charge in [0, 0.05) is 40.0 Å². The van der Waals surface area contributed by atoms with E-state index in [9.17, 15) is 25.2 Å². The molecule has 0 aliphatic carbocycles. The molecule has 2 saturated heterocycles. The molecule has 4 aliphatic heterocycles. The Morgan fingerprint density at radius 2 is 2.03 bits per heavy atom. The van der Waals surface area contributed by atoms with Crippen LogP contribution >= 0.6 is 11.6 Å². The number of aromatic nitrogens is 1. The van der Waals surface area contributed by atoms with Crippen molar-refractivity contribution >= 4 is 28.4 Å². The average molecular weight is 533 g/mol. The van der Waals surface area contributed by atoms with Crippen molar-refractivity contribution in [3.8, 4) is 0 Å². The summed E-state index contributed by atoms with van der Waals surface area (Å²) in [6.45, 7) is 3.95. The molecule has 198 valence electrons. The number of ether oxygens (including phenoxy) is 3. The molecule has 0 saturated carbocycles. The average Bonchev–Trinajstić information content (AvgIpc) is 3.27. The van der Waals surface area contributed by atoms with Crippen LogP contribution in [0.3, 0.4) is 0 Å². The summed E-state index contributed by atoms with van der Waals surface area (Å²) in [5, 5.41) is 41.8. The Morgan fingerprint density at radius 1 is 1.22 bits per heavy atom. The molecule has 1 amide bonds.